The third-order valence-corrected chi connectivity index (χ3v) is 3.48. The molecule has 104 valence electrons. The van der Waals surface area contributed by atoms with Crippen LogP contribution in [0.15, 0.2) is 24.3 Å². The molecule has 0 heterocycles. The largest absolute Gasteiger partial charge is 0.325 e. The minimum Gasteiger partial charge on any atom is -0.325 e. The number of hydrogen-bond acceptors (Lipinski definition) is 3. The van der Waals surface area contributed by atoms with Crippen LogP contribution in [0.4, 0.5) is 5.69 Å². The van der Waals surface area contributed by atoms with Crippen LogP contribution in [-0.2, 0) is 4.79 Å². The van der Waals surface area contributed by atoms with Crippen molar-refractivity contribution in [3.05, 3.63) is 29.8 Å². The summed E-state index contributed by atoms with van der Waals surface area (Å²) < 4.78 is 0. The third-order valence-electron chi connectivity index (χ3n) is 3.48. The Morgan fingerprint density at radius 3 is 2.70 bits per heavy atom. The van der Waals surface area contributed by atoms with Gasteiger partial charge in [-0.2, -0.15) is 10.5 Å². The highest BCUT2D eigenvalue weighted by atomic mass is 16.1. The van der Waals surface area contributed by atoms with E-state index in [-0.39, 0.29) is 18.2 Å². The first-order valence-corrected chi connectivity index (χ1v) is 6.76. The number of hydrogen-bond donors (Lipinski definition) is 1. The van der Waals surface area contributed by atoms with Gasteiger partial charge in [-0.15, -0.1) is 0 Å². The van der Waals surface area contributed by atoms with Gasteiger partial charge in [-0.1, -0.05) is 32.4 Å². The number of carbonyl (C=O) groups excluding carboxylic acids is 1. The highest BCUT2D eigenvalue weighted by Gasteiger charge is 2.18. The van der Waals surface area contributed by atoms with Crippen molar-refractivity contribution in [3.63, 3.8) is 0 Å². The van der Waals surface area contributed by atoms with Gasteiger partial charge in [0.05, 0.1) is 12.1 Å². The summed E-state index contributed by atoms with van der Waals surface area (Å²) in [6, 6.07) is 11.6. The molecule has 4 heteroatoms. The van der Waals surface area contributed by atoms with E-state index in [9.17, 15) is 4.79 Å². The first kappa shape index (κ1) is 15.7. The molecule has 0 bridgehead atoms. The molecule has 0 saturated heterocycles. The van der Waals surface area contributed by atoms with Crippen LogP contribution in [0.2, 0.25) is 0 Å². The van der Waals surface area contributed by atoms with E-state index in [2.05, 4.69) is 25.2 Å². The summed E-state index contributed by atoms with van der Waals surface area (Å²) in [5, 5.41) is 20.1. The van der Waals surface area contributed by atoms with Crippen LogP contribution in [0.1, 0.15) is 44.6 Å². The second-order valence-corrected chi connectivity index (χ2v) is 4.86. The molecule has 1 rings (SSSR count). The van der Waals surface area contributed by atoms with Gasteiger partial charge < -0.3 is 5.32 Å². The predicted octanol–water partition coefficient (Wildman–Crippen LogP) is 3.58. The Kier molecular flexibility index (Phi) is 6.26. The van der Waals surface area contributed by atoms with Crippen LogP contribution in [0, 0.1) is 28.6 Å². The molecule has 0 radical (unpaired) electrons. The van der Waals surface area contributed by atoms with Crippen molar-refractivity contribution in [2.75, 3.05) is 5.32 Å². The zero-order chi connectivity index (χ0) is 15.0. The Labute approximate surface area is 120 Å². The van der Waals surface area contributed by atoms with Crippen molar-refractivity contribution in [1.82, 2.24) is 0 Å². The monoisotopic (exact) mass is 269 g/mol. The van der Waals surface area contributed by atoms with E-state index < -0.39 is 0 Å². The van der Waals surface area contributed by atoms with Crippen molar-refractivity contribution in [3.8, 4) is 12.1 Å². The van der Waals surface area contributed by atoms with Crippen molar-refractivity contribution >= 4 is 11.6 Å². The molecule has 1 N–H and O–H groups in total. The first-order chi connectivity index (χ1) is 9.62. The van der Waals surface area contributed by atoms with Crippen LogP contribution >= 0.6 is 0 Å². The smallest absolute Gasteiger partial charge is 0.238 e. The number of amides is 1. The van der Waals surface area contributed by atoms with Gasteiger partial charge in [0.2, 0.25) is 5.91 Å². The van der Waals surface area contributed by atoms with Gasteiger partial charge in [0, 0.05) is 12.1 Å². The third kappa shape index (κ3) is 4.40. The summed E-state index contributed by atoms with van der Waals surface area (Å²) in [4.78, 5) is 11.4. The molecular weight excluding hydrogens is 250 g/mol. The quantitative estimate of drug-likeness (QED) is 0.857. The number of anilines is 1. The predicted molar refractivity (Wildman–Crippen MR) is 77.7 cm³/mol. The zero-order valence-corrected chi connectivity index (χ0v) is 11.9. The Morgan fingerprint density at radius 1 is 1.35 bits per heavy atom. The van der Waals surface area contributed by atoms with Gasteiger partial charge in [-0.05, 0) is 29.5 Å². The van der Waals surface area contributed by atoms with E-state index in [4.69, 9.17) is 10.5 Å². The summed E-state index contributed by atoms with van der Waals surface area (Å²) in [6.45, 7) is 4.23. The minimum absolute atomic E-state index is 0.156. The lowest BCUT2D eigenvalue weighted by atomic mass is 9.83. The number of nitrogens with one attached hydrogen (secondary N) is 1. The second kappa shape index (κ2) is 7.96. The molecule has 4 nitrogen and oxygen atoms in total. The lowest BCUT2D eigenvalue weighted by Gasteiger charge is -2.21. The molecule has 0 fully saturated rings. The van der Waals surface area contributed by atoms with Crippen LogP contribution in [0.5, 0.6) is 0 Å². The maximum Gasteiger partial charge on any atom is 0.238 e. The van der Waals surface area contributed by atoms with Gasteiger partial charge >= 0.3 is 0 Å². The molecule has 2 atom stereocenters. The zero-order valence-electron chi connectivity index (χ0n) is 11.9. The molecule has 0 saturated carbocycles. The first-order valence-electron chi connectivity index (χ1n) is 6.76. The van der Waals surface area contributed by atoms with Crippen molar-refractivity contribution in [1.29, 1.82) is 10.5 Å². The summed E-state index contributed by atoms with van der Waals surface area (Å²) in [5.41, 5.74) is 1.73. The number of nitriles is 2. The van der Waals surface area contributed by atoms with Crippen molar-refractivity contribution in [2.24, 2.45) is 5.92 Å². The average Bonchev–Trinajstić information content (AvgIpc) is 2.44. The number of nitrogens with zero attached hydrogens (tertiary/aromatic N) is 2. The molecule has 20 heavy (non-hydrogen) atoms. The Morgan fingerprint density at radius 2 is 2.10 bits per heavy atom. The molecule has 0 spiro atoms. The minimum atomic E-state index is -0.315. The van der Waals surface area contributed by atoms with E-state index in [0.29, 0.717) is 18.0 Å². The standard InChI is InChI=1S/C16H19N3O/c1-3-12(2)15(7-9-17)13-5-4-6-14(11-13)19-16(20)8-10-18/h4-6,11-12,15H,3,7-8H2,1-2H3,(H,19,20). The fraction of sp³-hybridized carbons (Fsp3) is 0.438. The van der Waals surface area contributed by atoms with Crippen LogP contribution in [0.3, 0.4) is 0 Å². The molecule has 0 aromatic heterocycles. The lowest BCUT2D eigenvalue weighted by molar-refractivity contribution is -0.115. The number of carbonyl (C=O) groups is 1. The topological polar surface area (TPSA) is 76.7 Å². The highest BCUT2D eigenvalue weighted by Crippen LogP contribution is 2.31. The molecule has 0 aliphatic carbocycles. The van der Waals surface area contributed by atoms with Crippen LogP contribution in [0.25, 0.3) is 0 Å². The van der Waals surface area contributed by atoms with Gasteiger partial charge in [0.25, 0.3) is 0 Å². The van der Waals surface area contributed by atoms with Crippen molar-refractivity contribution < 1.29 is 4.79 Å². The van der Waals surface area contributed by atoms with Crippen LogP contribution in [-0.4, -0.2) is 5.91 Å². The molecular formula is C16H19N3O. The van der Waals surface area contributed by atoms with Crippen molar-refractivity contribution in [2.45, 2.75) is 39.0 Å². The molecule has 0 aliphatic rings. The summed E-state index contributed by atoms with van der Waals surface area (Å²) in [6.07, 6.45) is 1.30. The lowest BCUT2D eigenvalue weighted by Crippen LogP contribution is -2.12. The van der Waals surface area contributed by atoms with Crippen LogP contribution < -0.4 is 5.32 Å². The molecule has 0 aliphatic heterocycles. The van der Waals surface area contributed by atoms with E-state index in [1.807, 2.05) is 24.3 Å². The molecule has 1 aromatic rings. The maximum absolute atomic E-state index is 11.4. The Hall–Kier alpha value is -2.33. The van der Waals surface area contributed by atoms with E-state index in [0.717, 1.165) is 12.0 Å². The fourth-order valence-corrected chi connectivity index (χ4v) is 2.15. The number of benzene rings is 1. The second-order valence-electron chi connectivity index (χ2n) is 4.86. The molecule has 1 aromatic carbocycles. The van der Waals surface area contributed by atoms with E-state index >= 15 is 0 Å². The van der Waals surface area contributed by atoms with Gasteiger partial charge in [-0.25, -0.2) is 0 Å². The summed E-state index contributed by atoms with van der Waals surface area (Å²) >= 11 is 0. The van der Waals surface area contributed by atoms with E-state index in [1.165, 1.54) is 0 Å². The van der Waals surface area contributed by atoms with Gasteiger partial charge in [0.15, 0.2) is 0 Å². The average molecular weight is 269 g/mol. The normalized spacial score (nSPS) is 12.8. The SMILES string of the molecule is CCC(C)C(CC#N)c1cccc(NC(=O)CC#N)c1. The molecule has 1 amide bonds. The summed E-state index contributed by atoms with van der Waals surface area (Å²) in [7, 11) is 0. The maximum atomic E-state index is 11.4. The Bertz CT molecular complexity index is 539. The Balaban J connectivity index is 2.93. The molecule has 2 unspecified atom stereocenters. The number of rotatable bonds is 6. The van der Waals surface area contributed by atoms with E-state index in [1.54, 1.807) is 6.07 Å². The highest BCUT2D eigenvalue weighted by molar-refractivity contribution is 5.92. The fourth-order valence-electron chi connectivity index (χ4n) is 2.15. The summed E-state index contributed by atoms with van der Waals surface area (Å²) in [5.74, 6) is 0.252. The van der Waals surface area contributed by atoms with Gasteiger partial charge in [0.1, 0.15) is 6.42 Å². The van der Waals surface area contributed by atoms with Gasteiger partial charge in [-0.3, -0.25) is 4.79 Å².